The van der Waals surface area contributed by atoms with E-state index in [4.69, 9.17) is 0 Å². The van der Waals surface area contributed by atoms with E-state index in [9.17, 15) is 0 Å². The fraction of sp³-hybridized carbons (Fsp3) is 0.0566. The van der Waals surface area contributed by atoms with Gasteiger partial charge in [-0.15, -0.1) is 0 Å². The third-order valence-corrected chi connectivity index (χ3v) is 12.0. The van der Waals surface area contributed by atoms with Gasteiger partial charge in [-0.3, -0.25) is 0 Å². The predicted molar refractivity (Wildman–Crippen MR) is 228 cm³/mol. The zero-order valence-electron chi connectivity index (χ0n) is 29.8. The standard InChI is InChI=1S/C53H36/c1-53(2)49-31-37(25-27-45(49)46-28-26-39(32-50(46)53)42-20-10-13-33-11-3-5-16-41(33)42)36-14-9-15-38(29-36)48-30-40-24-23-35-22-21-34-12-4-6-17-43(34)51(35)52(40)47-19-8-7-18-44(47)48/h3-32H,1-2H3. The molecule has 0 fully saturated rings. The van der Waals surface area contributed by atoms with Crippen molar-refractivity contribution in [2.24, 2.45) is 0 Å². The molecule has 0 spiro atoms. The third-order valence-electron chi connectivity index (χ3n) is 12.0. The Morgan fingerprint density at radius 3 is 1.58 bits per heavy atom. The van der Waals surface area contributed by atoms with Crippen molar-refractivity contribution in [2.75, 3.05) is 0 Å². The van der Waals surface area contributed by atoms with E-state index in [0.717, 1.165) is 0 Å². The summed E-state index contributed by atoms with van der Waals surface area (Å²) in [5.74, 6) is 0. The molecule has 11 rings (SSSR count). The monoisotopic (exact) mass is 672 g/mol. The normalized spacial score (nSPS) is 13.2. The molecule has 1 aliphatic carbocycles. The van der Waals surface area contributed by atoms with Crippen molar-refractivity contribution in [1.29, 1.82) is 0 Å². The lowest BCUT2D eigenvalue weighted by molar-refractivity contribution is 0.661. The summed E-state index contributed by atoms with van der Waals surface area (Å²) < 4.78 is 0. The van der Waals surface area contributed by atoms with Crippen LogP contribution in [0.4, 0.5) is 0 Å². The van der Waals surface area contributed by atoms with Crippen LogP contribution in [-0.4, -0.2) is 0 Å². The summed E-state index contributed by atoms with van der Waals surface area (Å²) in [6, 6.07) is 67.9. The zero-order valence-corrected chi connectivity index (χ0v) is 29.8. The molecular formula is C53H36. The van der Waals surface area contributed by atoms with Crippen LogP contribution in [0.5, 0.6) is 0 Å². The molecule has 0 heterocycles. The second-order valence-corrected chi connectivity index (χ2v) is 15.3. The van der Waals surface area contributed by atoms with Gasteiger partial charge in [0.15, 0.2) is 0 Å². The summed E-state index contributed by atoms with van der Waals surface area (Å²) in [7, 11) is 0. The van der Waals surface area contributed by atoms with Crippen molar-refractivity contribution in [1.82, 2.24) is 0 Å². The molecule has 1 aliphatic rings. The number of hydrogen-bond acceptors (Lipinski definition) is 0. The minimum absolute atomic E-state index is 0.125. The maximum absolute atomic E-state index is 2.45. The molecule has 0 saturated carbocycles. The average molecular weight is 673 g/mol. The summed E-state index contributed by atoms with van der Waals surface area (Å²) in [4.78, 5) is 0. The molecule has 0 N–H and O–H groups in total. The van der Waals surface area contributed by atoms with E-state index in [-0.39, 0.29) is 5.41 Å². The smallest absolute Gasteiger partial charge is 0.0159 e. The van der Waals surface area contributed by atoms with Crippen LogP contribution in [0.1, 0.15) is 25.0 Å². The Hall–Kier alpha value is -6.50. The van der Waals surface area contributed by atoms with Crippen LogP contribution in [0, 0.1) is 0 Å². The van der Waals surface area contributed by atoms with Crippen LogP contribution in [0.2, 0.25) is 0 Å². The molecule has 248 valence electrons. The molecule has 0 amide bonds. The summed E-state index contributed by atoms with van der Waals surface area (Å²) in [5, 5.41) is 13.0. The van der Waals surface area contributed by atoms with Crippen LogP contribution in [-0.2, 0) is 5.41 Å². The lowest BCUT2D eigenvalue weighted by Gasteiger charge is -2.23. The van der Waals surface area contributed by atoms with E-state index in [2.05, 4.69) is 196 Å². The van der Waals surface area contributed by atoms with Crippen LogP contribution in [0.3, 0.4) is 0 Å². The van der Waals surface area contributed by atoms with E-state index in [1.54, 1.807) is 0 Å². The van der Waals surface area contributed by atoms with Gasteiger partial charge in [0, 0.05) is 5.41 Å². The van der Waals surface area contributed by atoms with Gasteiger partial charge >= 0.3 is 0 Å². The Morgan fingerprint density at radius 1 is 0.283 bits per heavy atom. The SMILES string of the molecule is CC1(C)c2cc(-c3cccc(-c4cc5ccc6ccc7ccccc7c6c5c5ccccc45)c3)ccc2-c2ccc(-c3cccc4ccccc34)cc21. The molecule has 0 saturated heterocycles. The minimum Gasteiger partial charge on any atom is -0.0616 e. The first-order valence-corrected chi connectivity index (χ1v) is 18.7. The van der Waals surface area contributed by atoms with Crippen molar-refractivity contribution in [3.63, 3.8) is 0 Å². The summed E-state index contributed by atoms with van der Waals surface area (Å²) in [6.45, 7) is 4.78. The maximum atomic E-state index is 2.45. The van der Waals surface area contributed by atoms with Crippen LogP contribution in [0.25, 0.3) is 98.4 Å². The summed E-state index contributed by atoms with van der Waals surface area (Å²) in [5.41, 5.74) is 12.9. The Labute approximate surface area is 309 Å². The molecular weight excluding hydrogens is 637 g/mol. The van der Waals surface area contributed by atoms with E-state index >= 15 is 0 Å². The average Bonchev–Trinajstić information content (AvgIpc) is 3.44. The number of hydrogen-bond donors (Lipinski definition) is 0. The second kappa shape index (κ2) is 11.2. The van der Waals surface area contributed by atoms with Gasteiger partial charge in [-0.2, -0.15) is 0 Å². The first kappa shape index (κ1) is 30.2. The van der Waals surface area contributed by atoms with Gasteiger partial charge in [-0.05, 0) is 134 Å². The van der Waals surface area contributed by atoms with Crippen LogP contribution < -0.4 is 0 Å². The highest BCUT2D eigenvalue weighted by Crippen LogP contribution is 2.51. The van der Waals surface area contributed by atoms with Crippen molar-refractivity contribution >= 4 is 53.9 Å². The van der Waals surface area contributed by atoms with Gasteiger partial charge in [0.25, 0.3) is 0 Å². The van der Waals surface area contributed by atoms with Gasteiger partial charge < -0.3 is 0 Å². The van der Waals surface area contributed by atoms with E-state index in [1.807, 2.05) is 0 Å². The van der Waals surface area contributed by atoms with E-state index in [1.165, 1.54) is 109 Å². The molecule has 10 aromatic rings. The molecule has 10 aromatic carbocycles. The predicted octanol–water partition coefficient (Wildman–Crippen LogP) is 14.8. The zero-order chi connectivity index (χ0) is 35.3. The number of fused-ring (bicyclic) bond motifs is 11. The first-order chi connectivity index (χ1) is 26.0. The van der Waals surface area contributed by atoms with Crippen molar-refractivity contribution < 1.29 is 0 Å². The Bertz CT molecular complexity index is 3130. The second-order valence-electron chi connectivity index (χ2n) is 15.3. The molecule has 0 nitrogen and oxygen atoms in total. The highest BCUT2D eigenvalue weighted by molar-refractivity contribution is 6.29. The summed E-state index contributed by atoms with van der Waals surface area (Å²) in [6.07, 6.45) is 0. The maximum Gasteiger partial charge on any atom is 0.0159 e. The van der Waals surface area contributed by atoms with Gasteiger partial charge in [0.05, 0.1) is 0 Å². The molecule has 53 heavy (non-hydrogen) atoms. The van der Waals surface area contributed by atoms with Crippen molar-refractivity contribution in [3.05, 3.63) is 193 Å². The van der Waals surface area contributed by atoms with Crippen molar-refractivity contribution in [2.45, 2.75) is 19.3 Å². The largest absolute Gasteiger partial charge is 0.0616 e. The lowest BCUT2D eigenvalue weighted by Crippen LogP contribution is -2.15. The highest BCUT2D eigenvalue weighted by Gasteiger charge is 2.36. The van der Waals surface area contributed by atoms with Crippen molar-refractivity contribution in [3.8, 4) is 44.5 Å². The molecule has 0 unspecified atom stereocenters. The van der Waals surface area contributed by atoms with Crippen LogP contribution in [0.15, 0.2) is 182 Å². The first-order valence-electron chi connectivity index (χ1n) is 18.7. The third kappa shape index (κ3) is 4.49. The van der Waals surface area contributed by atoms with Gasteiger partial charge in [-0.1, -0.05) is 172 Å². The minimum atomic E-state index is -0.125. The summed E-state index contributed by atoms with van der Waals surface area (Å²) >= 11 is 0. The fourth-order valence-corrected chi connectivity index (χ4v) is 9.36. The molecule has 0 bridgehead atoms. The quantitative estimate of drug-likeness (QED) is 0.164. The Morgan fingerprint density at radius 2 is 0.792 bits per heavy atom. The van der Waals surface area contributed by atoms with Gasteiger partial charge in [0.1, 0.15) is 0 Å². The number of benzene rings is 10. The Balaban J connectivity index is 1.03. The van der Waals surface area contributed by atoms with Gasteiger partial charge in [0.2, 0.25) is 0 Å². The van der Waals surface area contributed by atoms with E-state index in [0.29, 0.717) is 0 Å². The molecule has 0 atom stereocenters. The lowest BCUT2D eigenvalue weighted by atomic mass is 9.80. The fourth-order valence-electron chi connectivity index (χ4n) is 9.36. The Kier molecular flexibility index (Phi) is 6.40. The topological polar surface area (TPSA) is 0 Å². The van der Waals surface area contributed by atoms with Crippen LogP contribution >= 0.6 is 0 Å². The molecule has 0 aliphatic heterocycles. The molecule has 0 heteroatoms. The molecule has 0 aromatic heterocycles. The molecule has 0 radical (unpaired) electrons. The highest BCUT2D eigenvalue weighted by atomic mass is 14.4. The van der Waals surface area contributed by atoms with Gasteiger partial charge in [-0.25, -0.2) is 0 Å². The van der Waals surface area contributed by atoms with E-state index < -0.39 is 0 Å². The number of rotatable bonds is 3.